The van der Waals surface area contributed by atoms with Crippen molar-refractivity contribution in [3.8, 4) is 5.75 Å². The molecule has 1 aromatic carbocycles. The molecule has 88 valence electrons. The first-order chi connectivity index (χ1) is 7.75. The van der Waals surface area contributed by atoms with E-state index in [0.717, 1.165) is 31.4 Å². The second-order valence-electron chi connectivity index (χ2n) is 4.67. The molecule has 0 aromatic heterocycles. The molecule has 1 saturated carbocycles. The SMILES string of the molecule is Cc1ccc(OC2CCCCCC2O)cc1. The van der Waals surface area contributed by atoms with Crippen LogP contribution in [0.1, 0.15) is 37.7 Å². The van der Waals surface area contributed by atoms with Crippen molar-refractivity contribution in [3.63, 3.8) is 0 Å². The van der Waals surface area contributed by atoms with E-state index in [0.29, 0.717) is 0 Å². The normalized spacial score (nSPS) is 26.1. The van der Waals surface area contributed by atoms with E-state index >= 15 is 0 Å². The lowest BCUT2D eigenvalue weighted by Crippen LogP contribution is -2.30. The van der Waals surface area contributed by atoms with Gasteiger partial charge in [0.05, 0.1) is 6.10 Å². The van der Waals surface area contributed by atoms with Crippen LogP contribution in [0, 0.1) is 6.92 Å². The Labute approximate surface area is 97.3 Å². The molecule has 1 fully saturated rings. The summed E-state index contributed by atoms with van der Waals surface area (Å²) in [6.45, 7) is 2.06. The molecule has 1 N–H and O–H groups in total. The summed E-state index contributed by atoms with van der Waals surface area (Å²) in [6.07, 6.45) is 5.01. The van der Waals surface area contributed by atoms with E-state index < -0.39 is 0 Å². The van der Waals surface area contributed by atoms with Crippen molar-refractivity contribution in [1.29, 1.82) is 0 Å². The number of aliphatic hydroxyl groups excluding tert-OH is 1. The van der Waals surface area contributed by atoms with Crippen LogP contribution < -0.4 is 4.74 Å². The smallest absolute Gasteiger partial charge is 0.124 e. The minimum Gasteiger partial charge on any atom is -0.488 e. The Bertz CT molecular complexity index is 318. The van der Waals surface area contributed by atoms with E-state index in [1.807, 2.05) is 24.3 Å². The molecule has 1 aliphatic rings. The zero-order chi connectivity index (χ0) is 11.4. The zero-order valence-corrected chi connectivity index (χ0v) is 9.86. The number of rotatable bonds is 2. The lowest BCUT2D eigenvalue weighted by Gasteiger charge is -2.22. The average molecular weight is 220 g/mol. The summed E-state index contributed by atoms with van der Waals surface area (Å²) in [5.74, 6) is 0.872. The second-order valence-corrected chi connectivity index (χ2v) is 4.67. The lowest BCUT2D eigenvalue weighted by atomic mass is 10.1. The maximum Gasteiger partial charge on any atom is 0.124 e. The van der Waals surface area contributed by atoms with Gasteiger partial charge in [-0.1, -0.05) is 30.5 Å². The number of hydrogen-bond donors (Lipinski definition) is 1. The third kappa shape index (κ3) is 2.99. The molecule has 0 saturated heterocycles. The van der Waals surface area contributed by atoms with E-state index in [9.17, 15) is 5.11 Å². The predicted octanol–water partition coefficient (Wildman–Crippen LogP) is 3.07. The number of benzene rings is 1. The molecular weight excluding hydrogens is 200 g/mol. The van der Waals surface area contributed by atoms with Crippen molar-refractivity contribution < 1.29 is 9.84 Å². The van der Waals surface area contributed by atoms with Gasteiger partial charge in [-0.15, -0.1) is 0 Å². The summed E-state index contributed by atoms with van der Waals surface area (Å²) in [5, 5.41) is 9.94. The molecular formula is C14H20O2. The highest BCUT2D eigenvalue weighted by Crippen LogP contribution is 2.23. The van der Waals surface area contributed by atoms with Crippen molar-refractivity contribution >= 4 is 0 Å². The van der Waals surface area contributed by atoms with Gasteiger partial charge in [0.15, 0.2) is 0 Å². The number of aliphatic hydroxyl groups is 1. The molecule has 0 bridgehead atoms. The topological polar surface area (TPSA) is 29.5 Å². The third-order valence-corrected chi connectivity index (χ3v) is 3.23. The molecule has 2 unspecified atom stereocenters. The van der Waals surface area contributed by atoms with Crippen LogP contribution in [0.15, 0.2) is 24.3 Å². The zero-order valence-electron chi connectivity index (χ0n) is 9.86. The number of hydrogen-bond acceptors (Lipinski definition) is 2. The van der Waals surface area contributed by atoms with Crippen LogP contribution in [-0.2, 0) is 0 Å². The number of aryl methyl sites for hydroxylation is 1. The Morgan fingerprint density at radius 2 is 1.75 bits per heavy atom. The maximum atomic E-state index is 9.94. The van der Waals surface area contributed by atoms with Gasteiger partial charge in [0.1, 0.15) is 11.9 Å². The maximum absolute atomic E-state index is 9.94. The molecule has 1 aliphatic carbocycles. The van der Waals surface area contributed by atoms with Gasteiger partial charge in [-0.2, -0.15) is 0 Å². The molecule has 16 heavy (non-hydrogen) atoms. The Kier molecular flexibility index (Phi) is 3.83. The van der Waals surface area contributed by atoms with E-state index in [1.54, 1.807) is 0 Å². The molecule has 2 atom stereocenters. The third-order valence-electron chi connectivity index (χ3n) is 3.23. The van der Waals surface area contributed by atoms with Crippen molar-refractivity contribution in [2.24, 2.45) is 0 Å². The largest absolute Gasteiger partial charge is 0.488 e. The first-order valence-corrected chi connectivity index (χ1v) is 6.17. The van der Waals surface area contributed by atoms with Crippen LogP contribution in [0.4, 0.5) is 0 Å². The summed E-state index contributed by atoms with van der Waals surface area (Å²) in [7, 11) is 0. The van der Waals surface area contributed by atoms with Crippen LogP contribution in [-0.4, -0.2) is 17.3 Å². The Morgan fingerprint density at radius 1 is 1.06 bits per heavy atom. The highest BCUT2D eigenvalue weighted by molar-refractivity contribution is 5.26. The highest BCUT2D eigenvalue weighted by atomic mass is 16.5. The molecule has 2 nitrogen and oxygen atoms in total. The minimum atomic E-state index is -0.302. The van der Waals surface area contributed by atoms with Gasteiger partial charge in [-0.3, -0.25) is 0 Å². The monoisotopic (exact) mass is 220 g/mol. The van der Waals surface area contributed by atoms with Gasteiger partial charge in [-0.25, -0.2) is 0 Å². The summed E-state index contributed by atoms with van der Waals surface area (Å²) < 4.78 is 5.85. The first-order valence-electron chi connectivity index (χ1n) is 6.17. The van der Waals surface area contributed by atoms with Crippen molar-refractivity contribution in [2.75, 3.05) is 0 Å². The standard InChI is InChI=1S/C14H20O2/c1-11-7-9-12(10-8-11)16-14-6-4-2-3-5-13(14)15/h7-10,13-15H,2-6H2,1H3. The minimum absolute atomic E-state index is 0.0230. The van der Waals surface area contributed by atoms with Crippen molar-refractivity contribution in [3.05, 3.63) is 29.8 Å². The van der Waals surface area contributed by atoms with Crippen LogP contribution in [0.2, 0.25) is 0 Å². The summed E-state index contributed by atoms with van der Waals surface area (Å²) in [6, 6.07) is 8.04. The van der Waals surface area contributed by atoms with E-state index in [2.05, 4.69) is 6.92 Å². The fourth-order valence-electron chi connectivity index (χ4n) is 2.18. The molecule has 0 heterocycles. The van der Waals surface area contributed by atoms with Gasteiger partial charge >= 0.3 is 0 Å². The van der Waals surface area contributed by atoms with Crippen LogP contribution in [0.25, 0.3) is 0 Å². The van der Waals surface area contributed by atoms with Gasteiger partial charge in [0, 0.05) is 0 Å². The summed E-state index contributed by atoms with van der Waals surface area (Å²) in [4.78, 5) is 0. The van der Waals surface area contributed by atoms with E-state index in [1.165, 1.54) is 12.0 Å². The van der Waals surface area contributed by atoms with E-state index in [-0.39, 0.29) is 12.2 Å². The number of ether oxygens (including phenoxy) is 1. The quantitative estimate of drug-likeness (QED) is 0.776. The second kappa shape index (κ2) is 5.35. The Balaban J connectivity index is 1.99. The Morgan fingerprint density at radius 3 is 2.50 bits per heavy atom. The first kappa shape index (κ1) is 11.5. The molecule has 0 spiro atoms. The van der Waals surface area contributed by atoms with Crippen molar-refractivity contribution in [1.82, 2.24) is 0 Å². The molecule has 0 radical (unpaired) electrons. The van der Waals surface area contributed by atoms with Gasteiger partial charge in [0.2, 0.25) is 0 Å². The molecule has 1 aromatic rings. The molecule has 2 rings (SSSR count). The molecule has 0 aliphatic heterocycles. The Hall–Kier alpha value is -1.02. The molecule has 0 amide bonds. The average Bonchev–Trinajstić information content (AvgIpc) is 2.48. The lowest BCUT2D eigenvalue weighted by molar-refractivity contribution is 0.0320. The summed E-state index contributed by atoms with van der Waals surface area (Å²) >= 11 is 0. The van der Waals surface area contributed by atoms with Crippen LogP contribution in [0.3, 0.4) is 0 Å². The van der Waals surface area contributed by atoms with Gasteiger partial charge in [0.25, 0.3) is 0 Å². The van der Waals surface area contributed by atoms with E-state index in [4.69, 9.17) is 4.74 Å². The molecule has 2 heteroatoms. The van der Waals surface area contributed by atoms with Gasteiger partial charge in [-0.05, 0) is 38.3 Å². The van der Waals surface area contributed by atoms with Crippen LogP contribution >= 0.6 is 0 Å². The van der Waals surface area contributed by atoms with Crippen molar-refractivity contribution in [2.45, 2.75) is 51.2 Å². The fourth-order valence-corrected chi connectivity index (χ4v) is 2.18. The summed E-state index contributed by atoms with van der Waals surface area (Å²) in [5.41, 5.74) is 1.23. The fraction of sp³-hybridized carbons (Fsp3) is 0.571. The predicted molar refractivity (Wildman–Crippen MR) is 64.7 cm³/mol. The van der Waals surface area contributed by atoms with Gasteiger partial charge < -0.3 is 9.84 Å². The van der Waals surface area contributed by atoms with Crippen LogP contribution in [0.5, 0.6) is 5.75 Å². The highest BCUT2D eigenvalue weighted by Gasteiger charge is 2.22.